The Morgan fingerprint density at radius 2 is 1.12 bits per heavy atom. The van der Waals surface area contributed by atoms with Crippen molar-refractivity contribution in [1.29, 1.82) is 0 Å². The average molecular weight is 359 g/mol. The highest BCUT2D eigenvalue weighted by Crippen LogP contribution is 2.34. The summed E-state index contributed by atoms with van der Waals surface area (Å²) in [5.74, 6) is 0.851. The Bertz CT molecular complexity index is 250. The molecule has 2 atom stereocenters. The number of hydrogen-bond donors (Lipinski definition) is 0. The van der Waals surface area contributed by atoms with Crippen LogP contribution in [0.4, 0.5) is 0 Å². The van der Waals surface area contributed by atoms with Gasteiger partial charge in [-0.3, -0.25) is 0 Å². The third kappa shape index (κ3) is 14.6. The molecule has 1 heteroatoms. The summed E-state index contributed by atoms with van der Waals surface area (Å²) >= 11 is 6.93. The van der Waals surface area contributed by atoms with E-state index in [0.717, 1.165) is 12.3 Å². The topological polar surface area (TPSA) is 0 Å². The zero-order chi connectivity index (χ0) is 18.1. The standard InChI is InChI=1S/C23H47Cl/c1-5-8-10-11-12-13-14-15-17-20-23(24,7-3)21-19-22(4)18-16-9-6-2/h22H,5-21H2,1-4H3. The van der Waals surface area contributed by atoms with Crippen molar-refractivity contribution in [2.75, 3.05) is 0 Å². The molecule has 146 valence electrons. The van der Waals surface area contributed by atoms with Gasteiger partial charge in [0.1, 0.15) is 0 Å². The van der Waals surface area contributed by atoms with E-state index in [0.29, 0.717) is 0 Å². The third-order valence-electron chi connectivity index (χ3n) is 5.75. The van der Waals surface area contributed by atoms with E-state index in [1.807, 2.05) is 0 Å². The van der Waals surface area contributed by atoms with Crippen LogP contribution in [-0.4, -0.2) is 4.87 Å². The van der Waals surface area contributed by atoms with E-state index in [9.17, 15) is 0 Å². The van der Waals surface area contributed by atoms with Gasteiger partial charge in [0.05, 0.1) is 0 Å². The molecule has 0 aliphatic carbocycles. The summed E-state index contributed by atoms with van der Waals surface area (Å²) < 4.78 is 0. The van der Waals surface area contributed by atoms with Gasteiger partial charge in [-0.1, -0.05) is 111 Å². The van der Waals surface area contributed by atoms with Gasteiger partial charge in [0, 0.05) is 4.87 Å². The van der Waals surface area contributed by atoms with Crippen LogP contribution in [0.1, 0.15) is 137 Å². The van der Waals surface area contributed by atoms with Crippen molar-refractivity contribution < 1.29 is 0 Å². The van der Waals surface area contributed by atoms with Crippen LogP contribution in [-0.2, 0) is 0 Å². The second-order valence-corrected chi connectivity index (χ2v) is 9.02. The predicted molar refractivity (Wildman–Crippen MR) is 113 cm³/mol. The summed E-state index contributed by atoms with van der Waals surface area (Å²) in [5.41, 5.74) is 0. The summed E-state index contributed by atoms with van der Waals surface area (Å²) in [6.07, 6.45) is 23.1. The molecule has 0 heterocycles. The lowest BCUT2D eigenvalue weighted by atomic mass is 9.88. The highest BCUT2D eigenvalue weighted by atomic mass is 35.5. The minimum atomic E-state index is 0.0835. The first-order valence-electron chi connectivity index (χ1n) is 11.3. The first kappa shape index (κ1) is 24.3. The molecular formula is C23H47Cl. The lowest BCUT2D eigenvalue weighted by Gasteiger charge is -2.27. The Hall–Kier alpha value is 0.290. The van der Waals surface area contributed by atoms with Crippen molar-refractivity contribution in [3.05, 3.63) is 0 Å². The van der Waals surface area contributed by atoms with Gasteiger partial charge in [0.25, 0.3) is 0 Å². The maximum atomic E-state index is 6.93. The monoisotopic (exact) mass is 358 g/mol. The molecule has 0 nitrogen and oxygen atoms in total. The van der Waals surface area contributed by atoms with Crippen molar-refractivity contribution in [2.24, 2.45) is 5.92 Å². The van der Waals surface area contributed by atoms with E-state index in [4.69, 9.17) is 11.6 Å². The first-order chi connectivity index (χ1) is 11.6. The smallest absolute Gasteiger partial charge is 0.0444 e. The molecule has 0 aromatic rings. The molecule has 0 saturated heterocycles. The summed E-state index contributed by atoms with van der Waals surface area (Å²) in [6, 6.07) is 0. The quantitative estimate of drug-likeness (QED) is 0.169. The minimum Gasteiger partial charge on any atom is -0.119 e. The third-order valence-corrected chi connectivity index (χ3v) is 6.39. The highest BCUT2D eigenvalue weighted by Gasteiger charge is 2.24. The number of rotatable bonds is 18. The molecule has 0 spiro atoms. The van der Waals surface area contributed by atoms with E-state index >= 15 is 0 Å². The Balaban J connectivity index is 3.67. The van der Waals surface area contributed by atoms with E-state index < -0.39 is 0 Å². The number of hydrogen-bond acceptors (Lipinski definition) is 0. The van der Waals surface area contributed by atoms with Crippen molar-refractivity contribution >= 4 is 11.6 Å². The lowest BCUT2D eigenvalue weighted by molar-refractivity contribution is 0.375. The SMILES string of the molecule is CCCCCCCCCCCC(Cl)(CC)CCC(C)CCCCC. The maximum Gasteiger partial charge on any atom is 0.0444 e. The van der Waals surface area contributed by atoms with Gasteiger partial charge >= 0.3 is 0 Å². The van der Waals surface area contributed by atoms with E-state index in [2.05, 4.69) is 27.7 Å². The molecule has 24 heavy (non-hydrogen) atoms. The number of alkyl halides is 1. The highest BCUT2D eigenvalue weighted by molar-refractivity contribution is 6.23. The summed E-state index contributed by atoms with van der Waals surface area (Å²) in [5, 5.41) is 0. The van der Waals surface area contributed by atoms with Crippen LogP contribution in [0, 0.1) is 5.92 Å². The molecule has 0 aliphatic rings. The van der Waals surface area contributed by atoms with Crippen molar-refractivity contribution in [2.45, 2.75) is 142 Å². The van der Waals surface area contributed by atoms with Crippen LogP contribution in [0.15, 0.2) is 0 Å². The number of unbranched alkanes of at least 4 members (excludes halogenated alkanes) is 10. The molecule has 0 amide bonds. The van der Waals surface area contributed by atoms with Crippen LogP contribution in [0.3, 0.4) is 0 Å². The fraction of sp³-hybridized carbons (Fsp3) is 1.00. The molecule has 2 unspecified atom stereocenters. The summed E-state index contributed by atoms with van der Waals surface area (Å²) in [4.78, 5) is 0.0835. The van der Waals surface area contributed by atoms with Gasteiger partial charge in [-0.05, 0) is 31.6 Å². The average Bonchev–Trinajstić information content (AvgIpc) is 2.59. The Labute approximate surface area is 159 Å². The van der Waals surface area contributed by atoms with Gasteiger partial charge in [-0.25, -0.2) is 0 Å². The Morgan fingerprint density at radius 3 is 1.67 bits per heavy atom. The minimum absolute atomic E-state index is 0.0835. The molecule has 0 radical (unpaired) electrons. The van der Waals surface area contributed by atoms with Crippen molar-refractivity contribution in [3.63, 3.8) is 0 Å². The molecule has 0 aromatic carbocycles. The Kier molecular flexibility index (Phi) is 16.9. The van der Waals surface area contributed by atoms with Gasteiger partial charge in [-0.2, -0.15) is 0 Å². The first-order valence-corrected chi connectivity index (χ1v) is 11.6. The molecule has 0 N–H and O–H groups in total. The largest absolute Gasteiger partial charge is 0.119 e. The molecule has 0 rings (SSSR count). The van der Waals surface area contributed by atoms with Crippen LogP contribution in [0.25, 0.3) is 0 Å². The van der Waals surface area contributed by atoms with E-state index in [1.165, 1.54) is 103 Å². The zero-order valence-corrected chi connectivity index (χ0v) is 18.2. The molecule has 0 fully saturated rings. The van der Waals surface area contributed by atoms with Crippen molar-refractivity contribution in [3.8, 4) is 0 Å². The lowest BCUT2D eigenvalue weighted by Crippen LogP contribution is -2.21. The Morgan fingerprint density at radius 1 is 0.625 bits per heavy atom. The molecule has 0 aliphatic heterocycles. The zero-order valence-electron chi connectivity index (χ0n) is 17.5. The van der Waals surface area contributed by atoms with Crippen LogP contribution in [0.5, 0.6) is 0 Å². The normalized spacial score (nSPS) is 15.4. The second-order valence-electron chi connectivity index (χ2n) is 8.22. The van der Waals surface area contributed by atoms with Gasteiger partial charge in [0.15, 0.2) is 0 Å². The molecular weight excluding hydrogens is 312 g/mol. The fourth-order valence-corrected chi connectivity index (χ4v) is 3.87. The van der Waals surface area contributed by atoms with E-state index in [-0.39, 0.29) is 4.87 Å². The summed E-state index contributed by atoms with van der Waals surface area (Å²) in [7, 11) is 0. The van der Waals surface area contributed by atoms with Gasteiger partial charge in [0.2, 0.25) is 0 Å². The number of halogens is 1. The van der Waals surface area contributed by atoms with Gasteiger partial charge < -0.3 is 0 Å². The molecule has 0 aromatic heterocycles. The van der Waals surface area contributed by atoms with Gasteiger partial charge in [-0.15, -0.1) is 11.6 Å². The fourth-order valence-electron chi connectivity index (χ4n) is 3.62. The van der Waals surface area contributed by atoms with Crippen LogP contribution in [0.2, 0.25) is 0 Å². The predicted octanol–water partition coefficient (Wildman–Crippen LogP) is 9.29. The van der Waals surface area contributed by atoms with Crippen LogP contribution < -0.4 is 0 Å². The second kappa shape index (κ2) is 16.7. The van der Waals surface area contributed by atoms with Crippen LogP contribution >= 0.6 is 11.6 Å². The summed E-state index contributed by atoms with van der Waals surface area (Å²) in [6.45, 7) is 9.28. The maximum absolute atomic E-state index is 6.93. The van der Waals surface area contributed by atoms with Crippen molar-refractivity contribution in [1.82, 2.24) is 0 Å². The van der Waals surface area contributed by atoms with E-state index in [1.54, 1.807) is 0 Å². The molecule has 0 bridgehead atoms. The molecule has 0 saturated carbocycles.